The second-order valence-electron chi connectivity index (χ2n) is 7.90. The highest BCUT2D eigenvalue weighted by molar-refractivity contribution is 7.80. The van der Waals surface area contributed by atoms with Crippen molar-refractivity contribution in [1.29, 1.82) is 0 Å². The maximum absolute atomic E-state index is 12.4. The van der Waals surface area contributed by atoms with Gasteiger partial charge in [-0.1, -0.05) is 58.5 Å². The molecule has 0 radical (unpaired) electrons. The molecule has 0 aliphatic rings. The minimum absolute atomic E-state index is 0.0622. The molecular formula is C27H15Cl4N3O2S2. The van der Waals surface area contributed by atoms with Crippen LogP contribution in [0.1, 0.15) is 5.76 Å². The normalized spacial score (nSPS) is 11.3. The van der Waals surface area contributed by atoms with E-state index in [4.69, 9.17) is 63.0 Å². The van der Waals surface area contributed by atoms with Crippen molar-refractivity contribution in [3.63, 3.8) is 0 Å². The average molecular weight is 619 g/mol. The van der Waals surface area contributed by atoms with Crippen molar-refractivity contribution < 1.29 is 9.21 Å². The van der Waals surface area contributed by atoms with Gasteiger partial charge in [0, 0.05) is 22.2 Å². The minimum atomic E-state index is -0.457. The lowest BCUT2D eigenvalue weighted by atomic mass is 10.2. The molecule has 2 heterocycles. The van der Waals surface area contributed by atoms with Gasteiger partial charge in [0.1, 0.15) is 16.5 Å². The van der Waals surface area contributed by atoms with Gasteiger partial charge in [0.15, 0.2) is 5.11 Å². The molecule has 11 heteroatoms. The Labute approximate surface area is 247 Å². The number of hydrogen-bond donors (Lipinski definition) is 2. The number of nitrogens with one attached hydrogen (secondary N) is 2. The van der Waals surface area contributed by atoms with Crippen LogP contribution < -0.4 is 10.6 Å². The number of halogens is 4. The Morgan fingerprint density at radius 2 is 1.71 bits per heavy atom. The van der Waals surface area contributed by atoms with Gasteiger partial charge in [0.2, 0.25) is 5.91 Å². The van der Waals surface area contributed by atoms with Gasteiger partial charge in [-0.05, 0) is 72.9 Å². The monoisotopic (exact) mass is 617 g/mol. The number of anilines is 1. The van der Waals surface area contributed by atoms with Crippen LogP contribution in [0.25, 0.3) is 38.2 Å². The molecule has 5 rings (SSSR count). The lowest BCUT2D eigenvalue weighted by Gasteiger charge is -2.12. The van der Waals surface area contributed by atoms with Gasteiger partial charge in [-0.2, -0.15) is 0 Å². The maximum Gasteiger partial charge on any atom is 0.250 e. The molecule has 2 aromatic heterocycles. The van der Waals surface area contributed by atoms with Crippen molar-refractivity contribution in [3.05, 3.63) is 98.7 Å². The highest BCUT2D eigenvalue weighted by Gasteiger charge is 2.15. The smallest absolute Gasteiger partial charge is 0.250 e. The van der Waals surface area contributed by atoms with Gasteiger partial charge < -0.3 is 9.73 Å². The molecule has 38 heavy (non-hydrogen) atoms. The van der Waals surface area contributed by atoms with Crippen molar-refractivity contribution in [1.82, 2.24) is 10.3 Å². The van der Waals surface area contributed by atoms with Crippen molar-refractivity contribution >= 4 is 103 Å². The Morgan fingerprint density at radius 1 is 0.921 bits per heavy atom. The van der Waals surface area contributed by atoms with Crippen molar-refractivity contribution in [2.75, 3.05) is 5.32 Å². The number of thiazole rings is 1. The molecule has 0 unspecified atom stereocenters. The Morgan fingerprint density at radius 3 is 2.50 bits per heavy atom. The predicted molar refractivity (Wildman–Crippen MR) is 163 cm³/mol. The molecule has 0 bridgehead atoms. The zero-order chi connectivity index (χ0) is 26.8. The standard InChI is InChI=1S/C27H15Cl4N3O2S2/c28-14-5-8-16(18(29)11-14)23-9-6-15(36-23)7-10-25(35)34-27(37)33-22-12-17(19(30)13-20(22)31)26-32-21-3-1-2-4-24(21)38-26/h1-13H,(H2,33,34,35,37). The molecule has 0 spiro atoms. The Hall–Kier alpha value is -2.91. The number of carbonyl (C=O) groups is 1. The molecule has 0 fully saturated rings. The molecule has 0 saturated carbocycles. The number of para-hydroxylation sites is 1. The molecule has 0 atom stereocenters. The van der Waals surface area contributed by atoms with E-state index in [0.29, 0.717) is 48.4 Å². The SMILES string of the molecule is O=C(C=Cc1ccc(-c2ccc(Cl)cc2Cl)o1)NC(=S)Nc1cc(-c2nc3ccccc3s2)c(Cl)cc1Cl. The van der Waals surface area contributed by atoms with Crippen LogP contribution in [-0.2, 0) is 4.79 Å². The molecule has 0 saturated heterocycles. The van der Waals surface area contributed by atoms with Gasteiger partial charge in [0.25, 0.3) is 0 Å². The van der Waals surface area contributed by atoms with Crippen LogP contribution in [0.2, 0.25) is 20.1 Å². The van der Waals surface area contributed by atoms with E-state index >= 15 is 0 Å². The van der Waals surface area contributed by atoms with Crippen LogP contribution in [0.15, 0.2) is 77.2 Å². The van der Waals surface area contributed by atoms with Crippen LogP contribution in [0, 0.1) is 0 Å². The van der Waals surface area contributed by atoms with Gasteiger partial charge in [-0.3, -0.25) is 10.1 Å². The third-order valence-electron chi connectivity index (χ3n) is 5.29. The summed E-state index contributed by atoms with van der Waals surface area (Å²) in [7, 11) is 0. The van der Waals surface area contributed by atoms with E-state index in [9.17, 15) is 4.79 Å². The number of thiocarbonyl (C=S) groups is 1. The zero-order valence-corrected chi connectivity index (χ0v) is 23.8. The quantitative estimate of drug-likeness (QED) is 0.152. The number of amides is 1. The second-order valence-corrected chi connectivity index (χ2v) is 11.0. The van der Waals surface area contributed by atoms with E-state index in [1.807, 2.05) is 24.3 Å². The topological polar surface area (TPSA) is 67.2 Å². The van der Waals surface area contributed by atoms with Crippen molar-refractivity contribution in [2.24, 2.45) is 0 Å². The molecular weight excluding hydrogens is 604 g/mol. The zero-order valence-electron chi connectivity index (χ0n) is 19.1. The first-order valence-corrected chi connectivity index (χ1v) is 13.7. The van der Waals surface area contributed by atoms with Crippen molar-refractivity contribution in [2.45, 2.75) is 0 Å². The molecule has 0 aliphatic heterocycles. The number of nitrogens with zero attached hydrogens (tertiary/aromatic N) is 1. The van der Waals surface area contributed by atoms with Gasteiger partial charge in [0.05, 0.1) is 31.0 Å². The number of hydrogen-bond acceptors (Lipinski definition) is 5. The molecule has 5 aromatic rings. The van der Waals surface area contributed by atoms with Crippen molar-refractivity contribution in [3.8, 4) is 21.9 Å². The first-order valence-electron chi connectivity index (χ1n) is 11.0. The second kappa shape index (κ2) is 11.5. The fourth-order valence-corrected chi connectivity index (χ4v) is 5.82. The molecule has 1 amide bonds. The number of aromatic nitrogens is 1. The molecule has 5 nitrogen and oxygen atoms in total. The number of fused-ring (bicyclic) bond motifs is 1. The van der Waals surface area contributed by atoms with Gasteiger partial charge in [-0.25, -0.2) is 4.98 Å². The summed E-state index contributed by atoms with van der Waals surface area (Å²) in [6.45, 7) is 0. The first kappa shape index (κ1) is 26.7. The summed E-state index contributed by atoms with van der Waals surface area (Å²) in [5.41, 5.74) is 2.75. The largest absolute Gasteiger partial charge is 0.457 e. The minimum Gasteiger partial charge on any atom is -0.457 e. The van der Waals surface area contributed by atoms with Crippen LogP contribution in [0.5, 0.6) is 0 Å². The summed E-state index contributed by atoms with van der Waals surface area (Å²) in [5.74, 6) is 0.549. The highest BCUT2D eigenvalue weighted by atomic mass is 35.5. The fraction of sp³-hybridized carbons (Fsp3) is 0. The van der Waals surface area contributed by atoms with E-state index in [2.05, 4.69) is 15.6 Å². The lowest BCUT2D eigenvalue weighted by Crippen LogP contribution is -2.32. The molecule has 0 aliphatic carbocycles. The van der Waals surface area contributed by atoms with Crippen LogP contribution in [0.3, 0.4) is 0 Å². The third kappa shape index (κ3) is 6.04. The summed E-state index contributed by atoms with van der Waals surface area (Å²) < 4.78 is 6.81. The summed E-state index contributed by atoms with van der Waals surface area (Å²) in [5, 5.41) is 8.13. The van der Waals surface area contributed by atoms with E-state index < -0.39 is 5.91 Å². The third-order valence-corrected chi connectivity index (χ3v) is 7.74. The van der Waals surface area contributed by atoms with Crippen LogP contribution in [-0.4, -0.2) is 16.0 Å². The predicted octanol–water partition coefficient (Wildman–Crippen LogP) is 9.36. The lowest BCUT2D eigenvalue weighted by molar-refractivity contribution is -0.115. The summed E-state index contributed by atoms with van der Waals surface area (Å²) >= 11 is 31.9. The Balaban J connectivity index is 1.25. The fourth-order valence-electron chi connectivity index (χ4n) is 3.54. The summed E-state index contributed by atoms with van der Waals surface area (Å²) in [6.07, 6.45) is 2.82. The number of rotatable bonds is 5. The van der Waals surface area contributed by atoms with Gasteiger partial charge in [-0.15, -0.1) is 11.3 Å². The van der Waals surface area contributed by atoms with E-state index in [-0.39, 0.29) is 5.11 Å². The average Bonchev–Trinajstić information content (AvgIpc) is 3.51. The Kier molecular flexibility index (Phi) is 8.04. The number of furan rings is 1. The van der Waals surface area contributed by atoms with Crippen LogP contribution in [0.4, 0.5) is 5.69 Å². The molecule has 2 N–H and O–H groups in total. The molecule has 3 aromatic carbocycles. The number of benzene rings is 3. The highest BCUT2D eigenvalue weighted by Crippen LogP contribution is 2.39. The van der Waals surface area contributed by atoms with E-state index in [0.717, 1.165) is 15.2 Å². The first-order chi connectivity index (χ1) is 18.3. The van der Waals surface area contributed by atoms with Crippen LogP contribution >= 0.6 is 70.0 Å². The van der Waals surface area contributed by atoms with Gasteiger partial charge >= 0.3 is 0 Å². The Bertz CT molecular complexity index is 1700. The van der Waals surface area contributed by atoms with E-state index in [1.165, 1.54) is 23.5 Å². The summed E-state index contributed by atoms with van der Waals surface area (Å²) in [4.78, 5) is 17.1. The number of carbonyl (C=O) groups excluding carboxylic acids is 1. The van der Waals surface area contributed by atoms with E-state index in [1.54, 1.807) is 42.5 Å². The molecule has 190 valence electrons. The summed E-state index contributed by atoms with van der Waals surface area (Å²) in [6, 6.07) is 19.8. The maximum atomic E-state index is 12.4.